The molecule has 4 nitrogen and oxygen atoms in total. The molecule has 0 radical (unpaired) electrons. The van der Waals surface area contributed by atoms with E-state index >= 15 is 0 Å². The zero-order chi connectivity index (χ0) is 15.0. The monoisotopic (exact) mass is 296 g/mol. The molecule has 0 aromatic heterocycles. The highest BCUT2D eigenvalue weighted by Gasteiger charge is 2.15. The van der Waals surface area contributed by atoms with Gasteiger partial charge in [0.25, 0.3) is 0 Å². The minimum atomic E-state index is -0.486. The van der Waals surface area contributed by atoms with Gasteiger partial charge in [-0.1, -0.05) is 26.0 Å². The second kappa shape index (κ2) is 8.87. The van der Waals surface area contributed by atoms with E-state index in [1.807, 2.05) is 30.5 Å². The van der Waals surface area contributed by atoms with Crippen LogP contribution in [-0.4, -0.2) is 30.6 Å². The molecule has 112 valence electrons. The number of anilines is 1. The lowest BCUT2D eigenvalue weighted by atomic mass is 10.2. The van der Waals surface area contributed by atoms with Crippen molar-refractivity contribution >= 4 is 23.4 Å². The largest absolute Gasteiger partial charge is 0.491 e. The fourth-order valence-electron chi connectivity index (χ4n) is 1.55. The van der Waals surface area contributed by atoms with E-state index in [0.717, 1.165) is 5.75 Å². The number of rotatable bonds is 8. The van der Waals surface area contributed by atoms with Crippen molar-refractivity contribution in [3.05, 3.63) is 24.3 Å². The first kappa shape index (κ1) is 16.9. The van der Waals surface area contributed by atoms with Crippen LogP contribution in [0.2, 0.25) is 0 Å². The Bertz CT molecular complexity index is 424. The van der Waals surface area contributed by atoms with Gasteiger partial charge in [-0.05, 0) is 36.5 Å². The molecule has 0 fully saturated rings. The summed E-state index contributed by atoms with van der Waals surface area (Å²) in [7, 11) is 0. The predicted molar refractivity (Wildman–Crippen MR) is 86.4 cm³/mol. The zero-order valence-corrected chi connectivity index (χ0v) is 13.2. The number of nitrogens with two attached hydrogens (primary N) is 1. The van der Waals surface area contributed by atoms with Crippen molar-refractivity contribution in [2.75, 3.05) is 23.9 Å². The number of ether oxygens (including phenoxy) is 1. The molecule has 0 heterocycles. The van der Waals surface area contributed by atoms with Crippen LogP contribution < -0.4 is 15.8 Å². The number of benzene rings is 1. The third kappa shape index (κ3) is 5.84. The molecule has 0 aliphatic heterocycles. The van der Waals surface area contributed by atoms with Gasteiger partial charge >= 0.3 is 0 Å². The van der Waals surface area contributed by atoms with Crippen LogP contribution in [0.25, 0.3) is 0 Å². The molecule has 0 aliphatic carbocycles. The summed E-state index contributed by atoms with van der Waals surface area (Å²) < 4.78 is 5.70. The van der Waals surface area contributed by atoms with Gasteiger partial charge in [-0.25, -0.2) is 0 Å². The maximum atomic E-state index is 12.0. The minimum Gasteiger partial charge on any atom is -0.491 e. The highest BCUT2D eigenvalue weighted by atomic mass is 32.2. The smallest absolute Gasteiger partial charge is 0.241 e. The van der Waals surface area contributed by atoms with Crippen LogP contribution in [0.3, 0.4) is 0 Å². The van der Waals surface area contributed by atoms with Crippen LogP contribution in [0, 0.1) is 5.92 Å². The summed E-state index contributed by atoms with van der Waals surface area (Å²) in [5.41, 5.74) is 6.54. The van der Waals surface area contributed by atoms with Gasteiger partial charge in [0.1, 0.15) is 5.75 Å². The molecule has 0 spiro atoms. The lowest BCUT2D eigenvalue weighted by Gasteiger charge is -2.16. The van der Waals surface area contributed by atoms with Crippen molar-refractivity contribution < 1.29 is 9.53 Å². The lowest BCUT2D eigenvalue weighted by molar-refractivity contribution is -0.117. The molecule has 0 saturated carbocycles. The molecular weight excluding hydrogens is 272 g/mol. The van der Waals surface area contributed by atoms with Crippen LogP contribution in [-0.2, 0) is 4.79 Å². The van der Waals surface area contributed by atoms with E-state index in [9.17, 15) is 4.79 Å². The number of hydrogen-bond acceptors (Lipinski definition) is 4. The van der Waals surface area contributed by atoms with E-state index < -0.39 is 6.04 Å². The standard InChI is InChI=1S/C15H24N2O2S/c1-11(2)10-19-14-7-5-4-6-13(14)17-15(18)12(16)8-9-20-3/h4-7,11-12H,8-10,16H2,1-3H3,(H,17,18)/t12-/m0/s1. The molecule has 0 unspecified atom stereocenters. The summed E-state index contributed by atoms with van der Waals surface area (Å²) in [6, 6.07) is 6.95. The van der Waals surface area contributed by atoms with Crippen LogP contribution in [0.5, 0.6) is 5.75 Å². The van der Waals surface area contributed by atoms with Crippen LogP contribution in [0.4, 0.5) is 5.69 Å². The summed E-state index contributed by atoms with van der Waals surface area (Å²) in [5, 5.41) is 2.84. The van der Waals surface area contributed by atoms with E-state index in [4.69, 9.17) is 10.5 Å². The summed E-state index contributed by atoms with van der Waals surface area (Å²) in [4.78, 5) is 12.0. The summed E-state index contributed by atoms with van der Waals surface area (Å²) in [6.45, 7) is 4.78. The molecule has 0 saturated heterocycles. The van der Waals surface area contributed by atoms with Crippen LogP contribution in [0.15, 0.2) is 24.3 Å². The van der Waals surface area contributed by atoms with Crippen molar-refractivity contribution in [1.82, 2.24) is 0 Å². The molecule has 20 heavy (non-hydrogen) atoms. The Labute approximate surface area is 125 Å². The second-order valence-corrected chi connectivity index (χ2v) is 6.06. The Morgan fingerprint density at radius 3 is 2.75 bits per heavy atom. The first-order valence-electron chi connectivity index (χ1n) is 6.81. The number of nitrogens with one attached hydrogen (secondary N) is 1. The topological polar surface area (TPSA) is 64.4 Å². The molecule has 1 aromatic rings. The van der Waals surface area contributed by atoms with Crippen molar-refractivity contribution in [1.29, 1.82) is 0 Å². The van der Waals surface area contributed by atoms with Gasteiger partial charge in [-0.2, -0.15) is 11.8 Å². The first-order chi connectivity index (χ1) is 9.54. The molecule has 1 atom stereocenters. The van der Waals surface area contributed by atoms with E-state index in [2.05, 4.69) is 19.2 Å². The molecular formula is C15H24N2O2S. The van der Waals surface area contributed by atoms with Crippen molar-refractivity contribution in [3.63, 3.8) is 0 Å². The van der Waals surface area contributed by atoms with Crippen molar-refractivity contribution in [3.8, 4) is 5.75 Å². The van der Waals surface area contributed by atoms with Gasteiger partial charge in [0.05, 0.1) is 18.3 Å². The van der Waals surface area contributed by atoms with Gasteiger partial charge < -0.3 is 15.8 Å². The molecule has 1 amide bonds. The van der Waals surface area contributed by atoms with Gasteiger partial charge in [-0.15, -0.1) is 0 Å². The number of carbonyl (C=O) groups excluding carboxylic acids is 1. The number of para-hydroxylation sites is 2. The maximum Gasteiger partial charge on any atom is 0.241 e. The van der Waals surface area contributed by atoms with Gasteiger partial charge in [-0.3, -0.25) is 4.79 Å². The molecule has 0 aliphatic rings. The summed E-state index contributed by atoms with van der Waals surface area (Å²) >= 11 is 1.68. The van der Waals surface area contributed by atoms with Crippen molar-refractivity contribution in [2.24, 2.45) is 11.7 Å². The van der Waals surface area contributed by atoms with Gasteiger partial charge in [0.15, 0.2) is 0 Å². The Balaban J connectivity index is 2.64. The van der Waals surface area contributed by atoms with E-state index in [1.165, 1.54) is 0 Å². The maximum absolute atomic E-state index is 12.0. The third-order valence-corrected chi connectivity index (χ3v) is 3.33. The molecule has 3 N–H and O–H groups in total. The third-order valence-electron chi connectivity index (χ3n) is 2.69. The van der Waals surface area contributed by atoms with E-state index in [1.54, 1.807) is 11.8 Å². The molecule has 5 heteroatoms. The average Bonchev–Trinajstić information content (AvgIpc) is 2.43. The van der Waals surface area contributed by atoms with Crippen LogP contribution >= 0.6 is 11.8 Å². The Kier molecular flexibility index (Phi) is 7.47. The number of carbonyl (C=O) groups is 1. The lowest BCUT2D eigenvalue weighted by Crippen LogP contribution is -2.36. The van der Waals surface area contributed by atoms with E-state index in [-0.39, 0.29) is 5.91 Å². The normalized spacial score (nSPS) is 12.2. The number of amides is 1. The number of thioether (sulfide) groups is 1. The van der Waals surface area contributed by atoms with Gasteiger partial charge in [0, 0.05) is 0 Å². The predicted octanol–water partition coefficient (Wildman–Crippen LogP) is 2.74. The fourth-order valence-corrected chi connectivity index (χ4v) is 2.04. The molecule has 0 bridgehead atoms. The Morgan fingerprint density at radius 2 is 2.10 bits per heavy atom. The van der Waals surface area contributed by atoms with Gasteiger partial charge in [0.2, 0.25) is 5.91 Å². The van der Waals surface area contributed by atoms with E-state index in [0.29, 0.717) is 30.4 Å². The van der Waals surface area contributed by atoms with Crippen LogP contribution in [0.1, 0.15) is 20.3 Å². The summed E-state index contributed by atoms with van der Waals surface area (Å²) in [6.07, 6.45) is 2.67. The summed E-state index contributed by atoms with van der Waals surface area (Å²) in [5.74, 6) is 1.83. The Hall–Kier alpha value is -1.20. The first-order valence-corrected chi connectivity index (χ1v) is 8.21. The fraction of sp³-hybridized carbons (Fsp3) is 0.533. The average molecular weight is 296 g/mol. The Morgan fingerprint density at radius 1 is 1.40 bits per heavy atom. The molecule has 1 rings (SSSR count). The zero-order valence-electron chi connectivity index (χ0n) is 12.4. The highest BCUT2D eigenvalue weighted by Crippen LogP contribution is 2.24. The minimum absolute atomic E-state index is 0.167. The van der Waals surface area contributed by atoms with Crippen molar-refractivity contribution in [2.45, 2.75) is 26.3 Å². The number of hydrogen-bond donors (Lipinski definition) is 2. The molecule has 1 aromatic carbocycles. The highest BCUT2D eigenvalue weighted by molar-refractivity contribution is 7.98. The quantitative estimate of drug-likeness (QED) is 0.774. The second-order valence-electron chi connectivity index (χ2n) is 5.08. The SMILES string of the molecule is CSCC[C@H](N)C(=O)Nc1ccccc1OCC(C)C.